The second-order valence-corrected chi connectivity index (χ2v) is 6.04. The van der Waals surface area contributed by atoms with Crippen molar-refractivity contribution in [1.82, 2.24) is 9.97 Å². The molecule has 0 aliphatic heterocycles. The van der Waals surface area contributed by atoms with Gasteiger partial charge < -0.3 is 15.4 Å². The minimum atomic E-state index is 0.271. The lowest BCUT2D eigenvalue weighted by Gasteiger charge is -2.18. The van der Waals surface area contributed by atoms with E-state index >= 15 is 0 Å². The lowest BCUT2D eigenvalue weighted by Crippen LogP contribution is -2.25. The molecule has 0 aliphatic carbocycles. The molecule has 2 heterocycles. The molecule has 1 unspecified atom stereocenters. The van der Waals surface area contributed by atoms with Crippen LogP contribution in [0.15, 0.2) is 6.07 Å². The van der Waals surface area contributed by atoms with Gasteiger partial charge in [-0.25, -0.2) is 4.98 Å². The number of methoxy groups -OCH3 is 1. The summed E-state index contributed by atoms with van der Waals surface area (Å²) in [5, 5.41) is 7.61. The van der Waals surface area contributed by atoms with Gasteiger partial charge >= 0.3 is 0 Å². The van der Waals surface area contributed by atoms with Crippen LogP contribution in [-0.2, 0) is 4.74 Å². The van der Waals surface area contributed by atoms with Crippen LogP contribution in [-0.4, -0.2) is 36.8 Å². The van der Waals surface area contributed by atoms with Crippen LogP contribution in [0.2, 0.25) is 0 Å². The van der Waals surface area contributed by atoms with Crippen molar-refractivity contribution >= 4 is 33.3 Å². The number of hydrogen-bond acceptors (Lipinski definition) is 6. The molecule has 1 atom stereocenters. The summed E-state index contributed by atoms with van der Waals surface area (Å²) in [5.74, 6) is 1.54. The van der Waals surface area contributed by atoms with E-state index in [1.54, 1.807) is 18.4 Å². The van der Waals surface area contributed by atoms with Gasteiger partial charge in [0.05, 0.1) is 18.0 Å². The highest BCUT2D eigenvalue weighted by atomic mass is 32.1. The smallest absolute Gasteiger partial charge is 0.225 e. The van der Waals surface area contributed by atoms with Crippen LogP contribution in [0.25, 0.3) is 10.2 Å². The van der Waals surface area contributed by atoms with E-state index in [4.69, 9.17) is 4.74 Å². The minimum absolute atomic E-state index is 0.271. The molecule has 0 radical (unpaired) electrons. The van der Waals surface area contributed by atoms with Crippen molar-refractivity contribution in [1.29, 1.82) is 0 Å². The third-order valence-corrected chi connectivity index (χ3v) is 4.03. The third kappa shape index (κ3) is 3.37. The van der Waals surface area contributed by atoms with Gasteiger partial charge in [0.1, 0.15) is 10.6 Å². The van der Waals surface area contributed by atoms with Gasteiger partial charge in [-0.05, 0) is 19.4 Å². The Morgan fingerprint density at radius 3 is 2.85 bits per heavy atom. The Bertz CT molecular complexity index is 564. The summed E-state index contributed by atoms with van der Waals surface area (Å²) >= 11 is 1.69. The fourth-order valence-corrected chi connectivity index (χ4v) is 3.08. The number of ether oxygens (including phenoxy) is 1. The molecule has 110 valence electrons. The monoisotopic (exact) mass is 294 g/mol. The van der Waals surface area contributed by atoms with Crippen LogP contribution in [0.4, 0.5) is 11.8 Å². The van der Waals surface area contributed by atoms with Crippen molar-refractivity contribution in [3.8, 4) is 0 Å². The zero-order valence-electron chi connectivity index (χ0n) is 12.5. The average Bonchev–Trinajstić information content (AvgIpc) is 2.79. The first-order valence-electron chi connectivity index (χ1n) is 6.89. The maximum atomic E-state index is 5.28. The van der Waals surface area contributed by atoms with Crippen molar-refractivity contribution in [2.45, 2.75) is 32.7 Å². The molecule has 0 aliphatic rings. The molecule has 0 saturated heterocycles. The molecule has 20 heavy (non-hydrogen) atoms. The number of rotatable bonds is 7. The van der Waals surface area contributed by atoms with E-state index in [0.29, 0.717) is 12.6 Å². The molecule has 2 N–H and O–H groups in total. The van der Waals surface area contributed by atoms with E-state index in [9.17, 15) is 0 Å². The molecule has 0 fully saturated rings. The van der Waals surface area contributed by atoms with Gasteiger partial charge in [0.25, 0.3) is 0 Å². The quantitative estimate of drug-likeness (QED) is 0.820. The first kappa shape index (κ1) is 15.0. The predicted octanol–water partition coefficient (Wildman–Crippen LogP) is 3.27. The number of nitrogens with zero attached hydrogens (tertiary/aromatic N) is 2. The molecule has 0 saturated carbocycles. The molecule has 0 aromatic carbocycles. The van der Waals surface area contributed by atoms with Crippen LogP contribution >= 0.6 is 11.3 Å². The Labute approximate surface area is 123 Å². The SMILES string of the molecule is CCCC(COC)Nc1nc(NC)nc2sc(C)cc12. The van der Waals surface area contributed by atoms with Gasteiger partial charge in [0, 0.05) is 19.0 Å². The largest absolute Gasteiger partial charge is 0.383 e. The Morgan fingerprint density at radius 1 is 1.40 bits per heavy atom. The Hall–Kier alpha value is -1.40. The lowest BCUT2D eigenvalue weighted by molar-refractivity contribution is 0.182. The second kappa shape index (κ2) is 6.85. The molecule has 2 rings (SSSR count). The van der Waals surface area contributed by atoms with Crippen molar-refractivity contribution in [2.75, 3.05) is 31.4 Å². The molecule has 0 amide bonds. The highest BCUT2D eigenvalue weighted by molar-refractivity contribution is 7.18. The normalized spacial score (nSPS) is 12.6. The first-order chi connectivity index (χ1) is 9.67. The first-order valence-corrected chi connectivity index (χ1v) is 7.71. The lowest BCUT2D eigenvalue weighted by atomic mass is 10.2. The summed E-state index contributed by atoms with van der Waals surface area (Å²) in [6, 6.07) is 2.41. The van der Waals surface area contributed by atoms with Gasteiger partial charge in [-0.15, -0.1) is 11.3 Å². The molecular formula is C14H22N4OS. The molecule has 6 heteroatoms. The van der Waals surface area contributed by atoms with E-state index < -0.39 is 0 Å². The Morgan fingerprint density at radius 2 is 2.20 bits per heavy atom. The topological polar surface area (TPSA) is 59.1 Å². The van der Waals surface area contributed by atoms with Crippen LogP contribution in [0.5, 0.6) is 0 Å². The number of aromatic nitrogens is 2. The van der Waals surface area contributed by atoms with Crippen LogP contribution in [0.1, 0.15) is 24.6 Å². The summed E-state index contributed by atoms with van der Waals surface area (Å²) in [5.41, 5.74) is 0. The highest BCUT2D eigenvalue weighted by Crippen LogP contribution is 2.30. The van der Waals surface area contributed by atoms with Gasteiger partial charge in [0.2, 0.25) is 5.95 Å². The van der Waals surface area contributed by atoms with Crippen molar-refractivity contribution in [3.63, 3.8) is 0 Å². The molecule has 2 aromatic rings. The molecule has 0 bridgehead atoms. The molecule has 5 nitrogen and oxygen atoms in total. The fraction of sp³-hybridized carbons (Fsp3) is 0.571. The minimum Gasteiger partial charge on any atom is -0.383 e. The summed E-state index contributed by atoms with van der Waals surface area (Å²) in [7, 11) is 3.57. The van der Waals surface area contributed by atoms with E-state index in [1.807, 2.05) is 7.05 Å². The summed E-state index contributed by atoms with van der Waals surface area (Å²) < 4.78 is 5.28. The summed E-state index contributed by atoms with van der Waals surface area (Å²) in [6.45, 7) is 4.94. The zero-order chi connectivity index (χ0) is 14.5. The van der Waals surface area contributed by atoms with Gasteiger partial charge in [-0.1, -0.05) is 13.3 Å². The Balaban J connectivity index is 2.35. The van der Waals surface area contributed by atoms with Crippen LogP contribution in [0.3, 0.4) is 0 Å². The number of thiophene rings is 1. The van der Waals surface area contributed by atoms with Crippen LogP contribution < -0.4 is 10.6 Å². The van der Waals surface area contributed by atoms with Crippen LogP contribution in [0, 0.1) is 6.92 Å². The third-order valence-electron chi connectivity index (χ3n) is 3.09. The number of hydrogen-bond donors (Lipinski definition) is 2. The van der Waals surface area contributed by atoms with E-state index in [0.717, 1.165) is 28.9 Å². The summed E-state index contributed by atoms with van der Waals surface area (Å²) in [6.07, 6.45) is 2.16. The van der Waals surface area contributed by atoms with E-state index in [1.165, 1.54) is 4.88 Å². The standard InChI is InChI=1S/C14H22N4OS/c1-5-6-10(8-19-4)16-12-11-7-9(2)20-13(11)18-14(15-3)17-12/h7,10H,5-6,8H2,1-4H3,(H2,15,16,17,18). The number of aryl methyl sites for hydroxylation is 1. The molecule has 2 aromatic heterocycles. The predicted molar refractivity (Wildman–Crippen MR) is 85.9 cm³/mol. The second-order valence-electron chi connectivity index (χ2n) is 4.81. The summed E-state index contributed by atoms with van der Waals surface area (Å²) in [4.78, 5) is 11.3. The Kier molecular flexibility index (Phi) is 5.14. The maximum Gasteiger partial charge on any atom is 0.225 e. The average molecular weight is 294 g/mol. The van der Waals surface area contributed by atoms with Gasteiger partial charge in [0.15, 0.2) is 0 Å². The molecular weight excluding hydrogens is 272 g/mol. The van der Waals surface area contributed by atoms with Crippen molar-refractivity contribution in [2.24, 2.45) is 0 Å². The number of nitrogens with one attached hydrogen (secondary N) is 2. The van der Waals surface area contributed by atoms with Crippen molar-refractivity contribution < 1.29 is 4.74 Å². The van der Waals surface area contributed by atoms with Gasteiger partial charge in [-0.2, -0.15) is 4.98 Å². The van der Waals surface area contributed by atoms with E-state index in [-0.39, 0.29) is 6.04 Å². The number of fused-ring (bicyclic) bond motifs is 1. The van der Waals surface area contributed by atoms with Gasteiger partial charge in [-0.3, -0.25) is 0 Å². The van der Waals surface area contributed by atoms with E-state index in [2.05, 4.69) is 40.5 Å². The highest BCUT2D eigenvalue weighted by Gasteiger charge is 2.14. The molecule has 0 spiro atoms. The van der Waals surface area contributed by atoms with Crippen molar-refractivity contribution in [3.05, 3.63) is 10.9 Å². The fourth-order valence-electron chi connectivity index (χ4n) is 2.20. The maximum absolute atomic E-state index is 5.28. The number of anilines is 2. The zero-order valence-corrected chi connectivity index (χ0v) is 13.3.